The third kappa shape index (κ3) is 3.13. The van der Waals surface area contributed by atoms with E-state index >= 15 is 0 Å². The van der Waals surface area contributed by atoms with E-state index in [-0.39, 0.29) is 0 Å². The van der Waals surface area contributed by atoms with Gasteiger partial charge in [-0.3, -0.25) is 0 Å². The Balaban J connectivity index is 1.86. The molecule has 1 heterocycles. The number of likely N-dealkylation sites (tertiary alicyclic amines) is 1. The molecule has 1 atom stereocenters. The number of anilines is 2. The summed E-state index contributed by atoms with van der Waals surface area (Å²) in [6, 6.07) is 9.32. The maximum absolute atomic E-state index is 3.52. The van der Waals surface area contributed by atoms with Crippen LogP contribution >= 0.6 is 0 Å². The lowest BCUT2D eigenvalue weighted by molar-refractivity contribution is 0.322. The lowest BCUT2D eigenvalue weighted by atomic mass is 10.2. The van der Waals surface area contributed by atoms with E-state index in [1.54, 1.807) is 0 Å². The van der Waals surface area contributed by atoms with Gasteiger partial charge in [0.2, 0.25) is 0 Å². The first kappa shape index (κ1) is 12.2. The minimum atomic E-state index is 0.698. The first-order valence-electron chi connectivity index (χ1n) is 6.38. The molecule has 0 saturated carbocycles. The quantitative estimate of drug-likeness (QED) is 0.860. The first-order chi connectivity index (χ1) is 8.16. The van der Waals surface area contributed by atoms with Gasteiger partial charge in [0.05, 0.1) is 0 Å². The lowest BCUT2D eigenvalue weighted by Gasteiger charge is -2.20. The Kier molecular flexibility index (Phi) is 3.89. The van der Waals surface area contributed by atoms with Crippen molar-refractivity contribution < 1.29 is 0 Å². The molecule has 1 aromatic rings. The molecule has 0 radical (unpaired) electrons. The van der Waals surface area contributed by atoms with Crippen molar-refractivity contribution in [3.63, 3.8) is 0 Å². The average molecular weight is 233 g/mol. The second kappa shape index (κ2) is 5.41. The molecular formula is C14H23N3. The van der Waals surface area contributed by atoms with E-state index < -0.39 is 0 Å². The van der Waals surface area contributed by atoms with E-state index in [9.17, 15) is 0 Å². The molecule has 0 spiro atoms. The minimum absolute atomic E-state index is 0.698. The van der Waals surface area contributed by atoms with Gasteiger partial charge in [-0.05, 0) is 50.7 Å². The maximum Gasteiger partial charge on any atom is 0.0362 e. The van der Waals surface area contributed by atoms with E-state index in [1.165, 1.54) is 30.8 Å². The zero-order valence-electron chi connectivity index (χ0n) is 11.1. The first-order valence-corrected chi connectivity index (χ1v) is 6.38. The largest absolute Gasteiger partial charge is 0.383 e. The molecule has 1 unspecified atom stereocenters. The van der Waals surface area contributed by atoms with Gasteiger partial charge in [-0.2, -0.15) is 0 Å². The van der Waals surface area contributed by atoms with Gasteiger partial charge in [0, 0.05) is 38.1 Å². The second-order valence-electron chi connectivity index (χ2n) is 5.10. The van der Waals surface area contributed by atoms with Crippen LogP contribution in [0.25, 0.3) is 0 Å². The van der Waals surface area contributed by atoms with Crippen LogP contribution in [-0.4, -0.2) is 45.2 Å². The summed E-state index contributed by atoms with van der Waals surface area (Å²) in [5.74, 6) is 0. The SMILES string of the molecule is CN(C)c1ccc(NCC2CCCN2C)cc1. The van der Waals surface area contributed by atoms with Gasteiger partial charge in [0.25, 0.3) is 0 Å². The van der Waals surface area contributed by atoms with E-state index in [0.29, 0.717) is 6.04 Å². The van der Waals surface area contributed by atoms with Gasteiger partial charge in [-0.15, -0.1) is 0 Å². The van der Waals surface area contributed by atoms with E-state index in [0.717, 1.165) is 6.54 Å². The molecule has 0 bridgehead atoms. The molecule has 1 aromatic carbocycles. The van der Waals surface area contributed by atoms with Gasteiger partial charge >= 0.3 is 0 Å². The van der Waals surface area contributed by atoms with Gasteiger partial charge in [0.15, 0.2) is 0 Å². The highest BCUT2D eigenvalue weighted by Gasteiger charge is 2.19. The van der Waals surface area contributed by atoms with Crippen molar-refractivity contribution in [2.45, 2.75) is 18.9 Å². The maximum atomic E-state index is 3.52. The van der Waals surface area contributed by atoms with Gasteiger partial charge in [-0.25, -0.2) is 0 Å². The van der Waals surface area contributed by atoms with Crippen molar-refractivity contribution in [1.82, 2.24) is 4.90 Å². The zero-order chi connectivity index (χ0) is 12.3. The predicted molar refractivity (Wildman–Crippen MR) is 74.9 cm³/mol. The molecule has 0 amide bonds. The molecule has 1 N–H and O–H groups in total. The van der Waals surface area contributed by atoms with Crippen molar-refractivity contribution in [2.24, 2.45) is 0 Å². The van der Waals surface area contributed by atoms with E-state index in [2.05, 4.69) is 60.5 Å². The summed E-state index contributed by atoms with van der Waals surface area (Å²) < 4.78 is 0. The van der Waals surface area contributed by atoms with Crippen LogP contribution in [0.3, 0.4) is 0 Å². The standard InChI is InChI=1S/C14H23N3/c1-16(2)13-8-6-12(7-9-13)15-11-14-5-4-10-17(14)3/h6-9,14-15H,4-5,10-11H2,1-3H3. The summed E-state index contributed by atoms with van der Waals surface area (Å²) in [4.78, 5) is 4.57. The normalized spacial score (nSPS) is 20.5. The fourth-order valence-corrected chi connectivity index (χ4v) is 2.35. The fourth-order valence-electron chi connectivity index (χ4n) is 2.35. The van der Waals surface area contributed by atoms with Crippen molar-refractivity contribution in [3.8, 4) is 0 Å². The van der Waals surface area contributed by atoms with Crippen LogP contribution in [-0.2, 0) is 0 Å². The number of benzene rings is 1. The van der Waals surface area contributed by atoms with E-state index in [1.807, 2.05) is 0 Å². The Morgan fingerprint density at radius 2 is 2.00 bits per heavy atom. The Hall–Kier alpha value is -1.22. The average Bonchev–Trinajstić information content (AvgIpc) is 2.73. The van der Waals surface area contributed by atoms with Crippen LogP contribution in [0.15, 0.2) is 24.3 Å². The van der Waals surface area contributed by atoms with Crippen molar-refractivity contribution >= 4 is 11.4 Å². The number of hydrogen-bond donors (Lipinski definition) is 1. The number of nitrogens with zero attached hydrogens (tertiary/aromatic N) is 2. The number of nitrogens with one attached hydrogen (secondary N) is 1. The Bertz CT molecular complexity index is 345. The molecule has 2 rings (SSSR count). The van der Waals surface area contributed by atoms with Crippen LogP contribution < -0.4 is 10.2 Å². The summed E-state index contributed by atoms with van der Waals surface area (Å²) in [7, 11) is 6.35. The fraction of sp³-hybridized carbons (Fsp3) is 0.571. The molecule has 17 heavy (non-hydrogen) atoms. The third-order valence-electron chi connectivity index (χ3n) is 3.60. The molecule has 1 aliphatic rings. The van der Waals surface area contributed by atoms with Crippen molar-refractivity contribution in [1.29, 1.82) is 0 Å². The van der Waals surface area contributed by atoms with Crippen molar-refractivity contribution in [2.75, 3.05) is 44.4 Å². The number of rotatable bonds is 4. The van der Waals surface area contributed by atoms with Crippen LogP contribution in [0.1, 0.15) is 12.8 Å². The predicted octanol–water partition coefficient (Wildman–Crippen LogP) is 2.26. The summed E-state index contributed by atoms with van der Waals surface area (Å²) in [5.41, 5.74) is 2.46. The highest BCUT2D eigenvalue weighted by atomic mass is 15.2. The van der Waals surface area contributed by atoms with Crippen LogP contribution in [0.4, 0.5) is 11.4 Å². The molecule has 0 aliphatic carbocycles. The minimum Gasteiger partial charge on any atom is -0.383 e. The molecule has 1 fully saturated rings. The number of likely N-dealkylation sites (N-methyl/N-ethyl adjacent to an activating group) is 1. The molecule has 3 nitrogen and oxygen atoms in total. The van der Waals surface area contributed by atoms with Crippen LogP contribution in [0.2, 0.25) is 0 Å². The summed E-state index contributed by atoms with van der Waals surface area (Å²) in [6.45, 7) is 2.30. The highest BCUT2D eigenvalue weighted by molar-refractivity contribution is 5.54. The summed E-state index contributed by atoms with van der Waals surface area (Å²) in [6.07, 6.45) is 2.65. The number of hydrogen-bond acceptors (Lipinski definition) is 3. The zero-order valence-corrected chi connectivity index (χ0v) is 11.1. The topological polar surface area (TPSA) is 18.5 Å². The monoisotopic (exact) mass is 233 g/mol. The molecule has 3 heteroatoms. The van der Waals surface area contributed by atoms with Gasteiger partial charge in [-0.1, -0.05) is 0 Å². The Labute approximate surface area is 104 Å². The summed E-state index contributed by atoms with van der Waals surface area (Å²) >= 11 is 0. The molecular weight excluding hydrogens is 210 g/mol. The van der Waals surface area contributed by atoms with Crippen LogP contribution in [0, 0.1) is 0 Å². The Morgan fingerprint density at radius 1 is 1.29 bits per heavy atom. The van der Waals surface area contributed by atoms with Gasteiger partial charge in [0.1, 0.15) is 0 Å². The Morgan fingerprint density at radius 3 is 2.53 bits per heavy atom. The third-order valence-corrected chi connectivity index (χ3v) is 3.60. The van der Waals surface area contributed by atoms with Crippen LogP contribution in [0.5, 0.6) is 0 Å². The highest BCUT2D eigenvalue weighted by Crippen LogP contribution is 2.18. The van der Waals surface area contributed by atoms with Crippen molar-refractivity contribution in [3.05, 3.63) is 24.3 Å². The molecule has 94 valence electrons. The molecule has 1 saturated heterocycles. The second-order valence-corrected chi connectivity index (χ2v) is 5.10. The molecule has 1 aliphatic heterocycles. The lowest BCUT2D eigenvalue weighted by Crippen LogP contribution is -2.31. The summed E-state index contributed by atoms with van der Waals surface area (Å²) in [5, 5.41) is 3.52. The van der Waals surface area contributed by atoms with Gasteiger partial charge < -0.3 is 15.1 Å². The smallest absolute Gasteiger partial charge is 0.0362 e. The van der Waals surface area contributed by atoms with E-state index in [4.69, 9.17) is 0 Å². The molecule has 0 aromatic heterocycles.